The third-order valence-electron chi connectivity index (χ3n) is 2.76. The van der Waals surface area contributed by atoms with Crippen LogP contribution in [0.2, 0.25) is 0 Å². The van der Waals surface area contributed by atoms with Gasteiger partial charge in [0.1, 0.15) is 16.2 Å². The summed E-state index contributed by atoms with van der Waals surface area (Å²) in [6.07, 6.45) is 6.58. The van der Waals surface area contributed by atoms with Crippen molar-refractivity contribution in [1.82, 2.24) is 9.97 Å². The molecule has 1 aromatic heterocycles. The summed E-state index contributed by atoms with van der Waals surface area (Å²) in [5.41, 5.74) is 0. The molecule has 0 radical (unpaired) electrons. The maximum absolute atomic E-state index is 4.38. The number of halogens is 1. The van der Waals surface area contributed by atoms with E-state index in [1.54, 1.807) is 0 Å². The zero-order chi connectivity index (χ0) is 10.7. The summed E-state index contributed by atoms with van der Waals surface area (Å²) in [6, 6.07) is 2.54. The molecule has 1 saturated carbocycles. The monoisotopic (exact) mass is 269 g/mol. The lowest BCUT2D eigenvalue weighted by molar-refractivity contribution is 0.461. The van der Waals surface area contributed by atoms with Crippen molar-refractivity contribution < 1.29 is 0 Å². The van der Waals surface area contributed by atoms with Gasteiger partial charge in [-0.3, -0.25) is 0 Å². The van der Waals surface area contributed by atoms with E-state index in [1.807, 2.05) is 13.0 Å². The van der Waals surface area contributed by atoms with Gasteiger partial charge < -0.3 is 5.32 Å². The maximum Gasteiger partial charge on any atom is 0.131 e. The largest absolute Gasteiger partial charge is 0.367 e. The molecular weight excluding hydrogens is 254 g/mol. The molecule has 0 atom stereocenters. The van der Waals surface area contributed by atoms with Gasteiger partial charge in [-0.2, -0.15) is 0 Å². The van der Waals surface area contributed by atoms with Crippen LogP contribution in [0.5, 0.6) is 0 Å². The fraction of sp³-hybridized carbons (Fsp3) is 0.636. The predicted octanol–water partition coefficient (Wildman–Crippen LogP) is 3.29. The van der Waals surface area contributed by atoms with Crippen molar-refractivity contribution in [3.05, 3.63) is 16.5 Å². The molecule has 1 aliphatic carbocycles. The lowest BCUT2D eigenvalue weighted by atomic mass is 9.95. The van der Waals surface area contributed by atoms with Gasteiger partial charge in [0.05, 0.1) is 0 Å². The quantitative estimate of drug-likeness (QED) is 0.838. The van der Waals surface area contributed by atoms with Gasteiger partial charge in [-0.1, -0.05) is 19.3 Å². The number of hydrogen-bond donors (Lipinski definition) is 1. The van der Waals surface area contributed by atoms with Crippen LogP contribution >= 0.6 is 15.9 Å². The van der Waals surface area contributed by atoms with Crippen molar-refractivity contribution in [3.63, 3.8) is 0 Å². The second kappa shape index (κ2) is 4.92. The van der Waals surface area contributed by atoms with Crippen LogP contribution in [0, 0.1) is 6.92 Å². The Labute approximate surface area is 98.8 Å². The van der Waals surface area contributed by atoms with E-state index in [2.05, 4.69) is 31.2 Å². The van der Waals surface area contributed by atoms with Crippen molar-refractivity contribution in [2.45, 2.75) is 45.1 Å². The topological polar surface area (TPSA) is 37.8 Å². The Kier molecular flexibility index (Phi) is 3.57. The molecule has 82 valence electrons. The van der Waals surface area contributed by atoms with Gasteiger partial charge >= 0.3 is 0 Å². The van der Waals surface area contributed by atoms with Gasteiger partial charge in [0.2, 0.25) is 0 Å². The number of aryl methyl sites for hydroxylation is 1. The molecule has 0 spiro atoms. The number of rotatable bonds is 2. The summed E-state index contributed by atoms with van der Waals surface area (Å²) in [7, 11) is 0. The summed E-state index contributed by atoms with van der Waals surface area (Å²) in [4.78, 5) is 8.57. The van der Waals surface area contributed by atoms with Crippen LogP contribution in [0.4, 0.5) is 5.82 Å². The molecule has 0 saturated heterocycles. The summed E-state index contributed by atoms with van der Waals surface area (Å²) >= 11 is 3.39. The Balaban J connectivity index is 2.02. The van der Waals surface area contributed by atoms with E-state index in [0.717, 1.165) is 16.2 Å². The number of anilines is 1. The minimum absolute atomic E-state index is 0.597. The van der Waals surface area contributed by atoms with Gasteiger partial charge in [0.15, 0.2) is 0 Å². The highest BCUT2D eigenvalue weighted by molar-refractivity contribution is 9.10. The second-order valence-corrected chi connectivity index (χ2v) is 4.91. The Hall–Kier alpha value is -0.640. The summed E-state index contributed by atoms with van der Waals surface area (Å²) in [5.74, 6) is 1.75. The Morgan fingerprint density at radius 1 is 1.27 bits per heavy atom. The SMILES string of the molecule is Cc1nc(Br)cc(NC2CCCCC2)n1. The van der Waals surface area contributed by atoms with E-state index in [4.69, 9.17) is 0 Å². The molecule has 0 aromatic carbocycles. The molecule has 1 aliphatic rings. The number of nitrogens with zero attached hydrogens (tertiary/aromatic N) is 2. The number of aromatic nitrogens is 2. The van der Waals surface area contributed by atoms with E-state index < -0.39 is 0 Å². The zero-order valence-electron chi connectivity index (χ0n) is 8.96. The summed E-state index contributed by atoms with van der Waals surface area (Å²) in [5, 5.41) is 3.48. The first kappa shape index (κ1) is 10.9. The number of hydrogen-bond acceptors (Lipinski definition) is 3. The lowest BCUT2D eigenvalue weighted by Gasteiger charge is -2.23. The van der Waals surface area contributed by atoms with Crippen LogP contribution in [0.3, 0.4) is 0 Å². The first-order valence-electron chi connectivity index (χ1n) is 5.52. The Morgan fingerprint density at radius 2 is 2.00 bits per heavy atom. The van der Waals surface area contributed by atoms with Gasteiger partial charge in [0.25, 0.3) is 0 Å². The van der Waals surface area contributed by atoms with Gasteiger partial charge in [-0.25, -0.2) is 9.97 Å². The standard InChI is InChI=1S/C11H16BrN3/c1-8-13-10(12)7-11(14-8)15-9-5-3-2-4-6-9/h7,9H,2-6H2,1H3,(H,13,14,15). The smallest absolute Gasteiger partial charge is 0.131 e. The van der Waals surface area contributed by atoms with E-state index in [1.165, 1.54) is 32.1 Å². The summed E-state index contributed by atoms with van der Waals surface area (Å²) in [6.45, 7) is 1.91. The molecule has 1 fully saturated rings. The third kappa shape index (κ3) is 3.16. The molecule has 2 rings (SSSR count). The molecule has 15 heavy (non-hydrogen) atoms. The molecule has 4 heteroatoms. The molecule has 1 N–H and O–H groups in total. The van der Waals surface area contributed by atoms with Crippen molar-refractivity contribution >= 4 is 21.7 Å². The average Bonchev–Trinajstić information content (AvgIpc) is 2.17. The van der Waals surface area contributed by atoms with Crippen LogP contribution in [0.25, 0.3) is 0 Å². The fourth-order valence-corrected chi connectivity index (χ4v) is 2.53. The van der Waals surface area contributed by atoms with E-state index in [9.17, 15) is 0 Å². The van der Waals surface area contributed by atoms with Crippen molar-refractivity contribution in [2.24, 2.45) is 0 Å². The molecule has 3 nitrogen and oxygen atoms in total. The molecule has 1 aromatic rings. The van der Waals surface area contributed by atoms with Crippen LogP contribution in [0.1, 0.15) is 37.9 Å². The van der Waals surface area contributed by atoms with E-state index in [-0.39, 0.29) is 0 Å². The van der Waals surface area contributed by atoms with Gasteiger partial charge in [-0.05, 0) is 35.7 Å². The van der Waals surface area contributed by atoms with E-state index >= 15 is 0 Å². The first-order valence-corrected chi connectivity index (χ1v) is 6.31. The zero-order valence-corrected chi connectivity index (χ0v) is 10.5. The van der Waals surface area contributed by atoms with Crippen LogP contribution in [0.15, 0.2) is 10.7 Å². The lowest BCUT2D eigenvalue weighted by Crippen LogP contribution is -2.23. The minimum Gasteiger partial charge on any atom is -0.367 e. The summed E-state index contributed by atoms with van der Waals surface area (Å²) < 4.78 is 0.855. The fourth-order valence-electron chi connectivity index (χ4n) is 2.06. The van der Waals surface area contributed by atoms with Crippen LogP contribution < -0.4 is 5.32 Å². The Bertz CT molecular complexity index is 314. The number of nitrogens with one attached hydrogen (secondary N) is 1. The molecule has 0 aliphatic heterocycles. The molecule has 0 unspecified atom stereocenters. The highest BCUT2D eigenvalue weighted by Gasteiger charge is 2.13. The van der Waals surface area contributed by atoms with Gasteiger partial charge in [0, 0.05) is 12.1 Å². The van der Waals surface area contributed by atoms with Gasteiger partial charge in [-0.15, -0.1) is 0 Å². The van der Waals surface area contributed by atoms with E-state index in [0.29, 0.717) is 6.04 Å². The van der Waals surface area contributed by atoms with Crippen molar-refractivity contribution in [1.29, 1.82) is 0 Å². The first-order chi connectivity index (χ1) is 7.24. The van der Waals surface area contributed by atoms with Crippen LogP contribution in [-0.4, -0.2) is 16.0 Å². The maximum atomic E-state index is 4.38. The highest BCUT2D eigenvalue weighted by atomic mass is 79.9. The predicted molar refractivity (Wildman–Crippen MR) is 65.0 cm³/mol. The molecular formula is C11H16BrN3. The molecule has 1 heterocycles. The Morgan fingerprint density at radius 3 is 2.67 bits per heavy atom. The average molecular weight is 270 g/mol. The molecule has 0 amide bonds. The second-order valence-electron chi connectivity index (χ2n) is 4.10. The van der Waals surface area contributed by atoms with Crippen molar-refractivity contribution in [2.75, 3.05) is 5.32 Å². The normalized spacial score (nSPS) is 17.7. The minimum atomic E-state index is 0.597. The van der Waals surface area contributed by atoms with Crippen LogP contribution in [-0.2, 0) is 0 Å². The third-order valence-corrected chi connectivity index (χ3v) is 3.17. The van der Waals surface area contributed by atoms with Crippen molar-refractivity contribution in [3.8, 4) is 0 Å². The highest BCUT2D eigenvalue weighted by Crippen LogP contribution is 2.21. The molecule has 0 bridgehead atoms.